The SMILES string of the molecule is COc1cc(C)c(C)cc1N(C)C(=O)NN. The molecule has 1 rings (SSSR count). The number of nitrogens with two attached hydrogens (primary N) is 1. The summed E-state index contributed by atoms with van der Waals surface area (Å²) in [4.78, 5) is 12.8. The van der Waals surface area contributed by atoms with Gasteiger partial charge in [0.1, 0.15) is 5.75 Å². The van der Waals surface area contributed by atoms with Gasteiger partial charge in [0, 0.05) is 7.05 Å². The monoisotopic (exact) mass is 223 g/mol. The van der Waals surface area contributed by atoms with Crippen LogP contribution in [-0.4, -0.2) is 20.2 Å². The molecule has 0 radical (unpaired) electrons. The normalized spacial score (nSPS) is 9.81. The van der Waals surface area contributed by atoms with E-state index in [1.54, 1.807) is 14.2 Å². The number of benzene rings is 1. The van der Waals surface area contributed by atoms with Crippen molar-refractivity contribution in [2.24, 2.45) is 5.84 Å². The van der Waals surface area contributed by atoms with Crippen LogP contribution in [0, 0.1) is 13.8 Å². The van der Waals surface area contributed by atoms with Crippen molar-refractivity contribution in [2.45, 2.75) is 13.8 Å². The van der Waals surface area contributed by atoms with Gasteiger partial charge in [0.2, 0.25) is 0 Å². The second-order valence-corrected chi connectivity index (χ2v) is 3.62. The zero-order valence-electron chi connectivity index (χ0n) is 10.00. The van der Waals surface area contributed by atoms with Crippen LogP contribution in [0.15, 0.2) is 12.1 Å². The number of ether oxygens (including phenoxy) is 1. The number of rotatable bonds is 2. The Balaban J connectivity index is 3.21. The van der Waals surface area contributed by atoms with E-state index in [1.165, 1.54) is 4.90 Å². The molecule has 0 spiro atoms. The van der Waals surface area contributed by atoms with E-state index in [0.29, 0.717) is 11.4 Å². The van der Waals surface area contributed by atoms with Crippen LogP contribution >= 0.6 is 0 Å². The highest BCUT2D eigenvalue weighted by Gasteiger charge is 2.15. The zero-order chi connectivity index (χ0) is 12.3. The van der Waals surface area contributed by atoms with Crippen molar-refractivity contribution in [1.29, 1.82) is 0 Å². The molecule has 0 saturated carbocycles. The van der Waals surface area contributed by atoms with E-state index in [0.717, 1.165) is 11.1 Å². The van der Waals surface area contributed by atoms with Crippen LogP contribution < -0.4 is 20.9 Å². The van der Waals surface area contributed by atoms with Gasteiger partial charge in [-0.2, -0.15) is 0 Å². The molecule has 0 unspecified atom stereocenters. The van der Waals surface area contributed by atoms with E-state index in [2.05, 4.69) is 5.43 Å². The molecule has 5 heteroatoms. The maximum absolute atomic E-state index is 11.4. The smallest absolute Gasteiger partial charge is 0.335 e. The third kappa shape index (κ3) is 2.25. The summed E-state index contributed by atoms with van der Waals surface area (Å²) in [6.45, 7) is 3.97. The molecule has 1 aromatic carbocycles. The number of hydrogen-bond donors (Lipinski definition) is 2. The molecular weight excluding hydrogens is 206 g/mol. The first-order valence-electron chi connectivity index (χ1n) is 4.90. The summed E-state index contributed by atoms with van der Waals surface area (Å²) < 4.78 is 5.23. The number of hydrogen-bond acceptors (Lipinski definition) is 3. The van der Waals surface area contributed by atoms with Gasteiger partial charge in [0.25, 0.3) is 0 Å². The molecule has 0 saturated heterocycles. The van der Waals surface area contributed by atoms with Gasteiger partial charge >= 0.3 is 6.03 Å². The Kier molecular flexibility index (Phi) is 3.73. The third-order valence-corrected chi connectivity index (χ3v) is 2.58. The highest BCUT2D eigenvalue weighted by Crippen LogP contribution is 2.30. The summed E-state index contributed by atoms with van der Waals surface area (Å²) in [6.07, 6.45) is 0. The Hall–Kier alpha value is -1.75. The number of nitrogens with one attached hydrogen (secondary N) is 1. The fourth-order valence-electron chi connectivity index (χ4n) is 1.41. The summed E-state index contributed by atoms with van der Waals surface area (Å²) >= 11 is 0. The van der Waals surface area contributed by atoms with Crippen LogP contribution in [0.5, 0.6) is 5.75 Å². The quantitative estimate of drug-likeness (QED) is 0.451. The van der Waals surface area contributed by atoms with Gasteiger partial charge < -0.3 is 4.74 Å². The van der Waals surface area contributed by atoms with Gasteiger partial charge in [-0.1, -0.05) is 0 Å². The molecule has 0 heterocycles. The molecule has 0 aliphatic rings. The summed E-state index contributed by atoms with van der Waals surface area (Å²) in [7, 11) is 3.20. The van der Waals surface area contributed by atoms with Crippen LogP contribution in [-0.2, 0) is 0 Å². The molecule has 0 bridgehead atoms. The molecule has 5 nitrogen and oxygen atoms in total. The summed E-state index contributed by atoms with van der Waals surface area (Å²) in [6, 6.07) is 3.40. The molecule has 1 aromatic rings. The average Bonchev–Trinajstić information content (AvgIpc) is 2.30. The first-order valence-corrected chi connectivity index (χ1v) is 4.90. The van der Waals surface area contributed by atoms with Gasteiger partial charge in [0.05, 0.1) is 12.8 Å². The van der Waals surface area contributed by atoms with E-state index >= 15 is 0 Å². The minimum Gasteiger partial charge on any atom is -0.495 e. The van der Waals surface area contributed by atoms with Crippen molar-refractivity contribution < 1.29 is 9.53 Å². The highest BCUT2D eigenvalue weighted by atomic mass is 16.5. The standard InChI is InChI=1S/C11H17N3O2/c1-7-5-9(14(3)11(15)13-12)10(16-4)6-8(7)2/h5-6H,12H2,1-4H3,(H,13,15). The first kappa shape index (κ1) is 12.3. The molecular formula is C11H17N3O2. The number of nitrogens with zero attached hydrogens (tertiary/aromatic N) is 1. The number of urea groups is 1. The predicted octanol–water partition coefficient (Wildman–Crippen LogP) is 1.33. The number of aryl methyl sites for hydroxylation is 2. The summed E-state index contributed by atoms with van der Waals surface area (Å²) in [5.74, 6) is 5.74. The van der Waals surface area contributed by atoms with E-state index in [-0.39, 0.29) is 6.03 Å². The maximum Gasteiger partial charge on any atom is 0.335 e. The number of carbonyl (C=O) groups is 1. The molecule has 3 N–H and O–H groups in total. The zero-order valence-corrected chi connectivity index (χ0v) is 10.00. The lowest BCUT2D eigenvalue weighted by molar-refractivity contribution is 0.247. The summed E-state index contributed by atoms with van der Waals surface area (Å²) in [5, 5.41) is 0. The van der Waals surface area contributed by atoms with E-state index in [4.69, 9.17) is 10.6 Å². The Morgan fingerprint density at radius 3 is 2.44 bits per heavy atom. The maximum atomic E-state index is 11.4. The Labute approximate surface area is 95.2 Å². The van der Waals surface area contributed by atoms with Crippen molar-refractivity contribution in [3.63, 3.8) is 0 Å². The number of hydrazine groups is 1. The number of carbonyl (C=O) groups excluding carboxylic acids is 1. The van der Waals surface area contributed by atoms with Gasteiger partial charge in [-0.3, -0.25) is 10.3 Å². The van der Waals surface area contributed by atoms with Crippen LogP contribution in [0.25, 0.3) is 0 Å². The van der Waals surface area contributed by atoms with Crippen molar-refractivity contribution in [3.8, 4) is 5.75 Å². The van der Waals surface area contributed by atoms with Crippen LogP contribution in [0.3, 0.4) is 0 Å². The minimum absolute atomic E-state index is 0.387. The third-order valence-electron chi connectivity index (χ3n) is 2.58. The van der Waals surface area contributed by atoms with Crippen LogP contribution in [0.2, 0.25) is 0 Å². The average molecular weight is 223 g/mol. The lowest BCUT2D eigenvalue weighted by Gasteiger charge is -2.20. The van der Waals surface area contributed by atoms with Gasteiger partial charge in [-0.15, -0.1) is 0 Å². The topological polar surface area (TPSA) is 67.6 Å². The second kappa shape index (κ2) is 4.85. The van der Waals surface area contributed by atoms with E-state index in [1.807, 2.05) is 26.0 Å². The second-order valence-electron chi connectivity index (χ2n) is 3.62. The van der Waals surface area contributed by atoms with E-state index in [9.17, 15) is 4.79 Å². The van der Waals surface area contributed by atoms with Gasteiger partial charge in [-0.25, -0.2) is 10.6 Å². The van der Waals surface area contributed by atoms with Crippen molar-refractivity contribution >= 4 is 11.7 Å². The first-order chi connectivity index (χ1) is 7.51. The number of anilines is 1. The van der Waals surface area contributed by atoms with Gasteiger partial charge in [0.15, 0.2) is 0 Å². The Morgan fingerprint density at radius 1 is 1.38 bits per heavy atom. The number of amides is 2. The Bertz CT molecular complexity index is 404. The largest absolute Gasteiger partial charge is 0.495 e. The fourth-order valence-corrected chi connectivity index (χ4v) is 1.41. The molecule has 0 atom stereocenters. The predicted molar refractivity (Wildman–Crippen MR) is 63.6 cm³/mol. The molecule has 2 amide bonds. The summed E-state index contributed by atoms with van der Waals surface area (Å²) in [5.41, 5.74) is 4.97. The van der Waals surface area contributed by atoms with Crippen LogP contribution in [0.4, 0.5) is 10.5 Å². The molecule has 16 heavy (non-hydrogen) atoms. The van der Waals surface area contributed by atoms with E-state index < -0.39 is 0 Å². The molecule has 0 aromatic heterocycles. The molecule has 0 fully saturated rings. The van der Waals surface area contributed by atoms with Crippen molar-refractivity contribution in [2.75, 3.05) is 19.1 Å². The van der Waals surface area contributed by atoms with Crippen molar-refractivity contribution in [1.82, 2.24) is 5.43 Å². The Morgan fingerprint density at radius 2 is 1.94 bits per heavy atom. The highest BCUT2D eigenvalue weighted by molar-refractivity contribution is 5.92. The van der Waals surface area contributed by atoms with Crippen LogP contribution in [0.1, 0.15) is 11.1 Å². The van der Waals surface area contributed by atoms with Crippen molar-refractivity contribution in [3.05, 3.63) is 23.3 Å². The lowest BCUT2D eigenvalue weighted by Crippen LogP contribution is -2.41. The molecule has 88 valence electrons. The molecule has 0 aliphatic heterocycles. The minimum atomic E-state index is -0.387. The number of methoxy groups -OCH3 is 1. The van der Waals surface area contributed by atoms with Gasteiger partial charge in [-0.05, 0) is 37.1 Å². The lowest BCUT2D eigenvalue weighted by atomic mass is 10.1. The fraction of sp³-hybridized carbons (Fsp3) is 0.364. The molecule has 0 aliphatic carbocycles.